The number of halogens is 1. The molecule has 0 spiro atoms. The summed E-state index contributed by atoms with van der Waals surface area (Å²) in [7, 11) is 0. The fourth-order valence-corrected chi connectivity index (χ4v) is 2.22. The number of carbonyl (C=O) groups is 1. The normalized spacial score (nSPS) is 12.2. The summed E-state index contributed by atoms with van der Waals surface area (Å²) < 4.78 is 7.64. The molecule has 0 aliphatic heterocycles. The van der Waals surface area contributed by atoms with Gasteiger partial charge < -0.3 is 9.94 Å². The van der Waals surface area contributed by atoms with Crippen molar-refractivity contribution in [3.8, 4) is 0 Å². The number of nitrogens with zero attached hydrogens (tertiary/aromatic N) is 2. The number of hydrogen-bond acceptors (Lipinski definition) is 4. The van der Waals surface area contributed by atoms with Crippen molar-refractivity contribution in [3.05, 3.63) is 34.4 Å². The zero-order valence-electron chi connectivity index (χ0n) is 11.4. The van der Waals surface area contributed by atoms with Crippen LogP contribution in [0.4, 0.5) is 4.79 Å². The van der Waals surface area contributed by atoms with Crippen LogP contribution < -0.4 is 0 Å². The molecule has 106 valence electrons. The quantitative estimate of drug-likeness (QED) is 0.485. The number of fused-ring (bicyclic) bond motifs is 1. The molecular formula is C14H15BrN2O3. The van der Waals surface area contributed by atoms with Crippen molar-refractivity contribution >= 4 is 39.1 Å². The highest BCUT2D eigenvalue weighted by Gasteiger charge is 2.20. The Morgan fingerprint density at radius 2 is 2.15 bits per heavy atom. The molecule has 0 saturated heterocycles. The van der Waals surface area contributed by atoms with Gasteiger partial charge in [-0.3, -0.25) is 4.57 Å². The van der Waals surface area contributed by atoms with E-state index in [1.807, 2.05) is 32.9 Å². The van der Waals surface area contributed by atoms with Crippen molar-refractivity contribution in [1.82, 2.24) is 4.57 Å². The Morgan fingerprint density at radius 1 is 1.45 bits per heavy atom. The number of hydrogen-bond donors (Lipinski definition) is 1. The van der Waals surface area contributed by atoms with Crippen LogP contribution in [0.3, 0.4) is 0 Å². The second kappa shape index (κ2) is 5.28. The summed E-state index contributed by atoms with van der Waals surface area (Å²) >= 11 is 3.38. The fraction of sp³-hybridized carbons (Fsp3) is 0.286. The minimum absolute atomic E-state index is 0.470. The van der Waals surface area contributed by atoms with E-state index in [4.69, 9.17) is 9.94 Å². The standard InChI is InChI=1S/C14H15BrN2O3/c1-14(2,3)20-13(18)17-8-9(7-16-19)11-6-10(15)4-5-12(11)17/h4-8,19H,1-3H3. The summed E-state index contributed by atoms with van der Waals surface area (Å²) in [6.07, 6.45) is 2.41. The van der Waals surface area contributed by atoms with Gasteiger partial charge in [-0.25, -0.2) is 4.79 Å². The maximum absolute atomic E-state index is 12.2. The monoisotopic (exact) mass is 338 g/mol. The first-order valence-corrected chi connectivity index (χ1v) is 6.82. The van der Waals surface area contributed by atoms with Crippen molar-refractivity contribution in [2.75, 3.05) is 0 Å². The van der Waals surface area contributed by atoms with Gasteiger partial charge in [0, 0.05) is 21.6 Å². The molecule has 1 aromatic carbocycles. The van der Waals surface area contributed by atoms with E-state index in [9.17, 15) is 4.79 Å². The van der Waals surface area contributed by atoms with E-state index in [2.05, 4.69) is 21.1 Å². The smallest absolute Gasteiger partial charge is 0.419 e. The van der Waals surface area contributed by atoms with Gasteiger partial charge >= 0.3 is 6.09 Å². The van der Waals surface area contributed by atoms with Crippen molar-refractivity contribution in [3.63, 3.8) is 0 Å². The molecule has 1 heterocycles. The van der Waals surface area contributed by atoms with Gasteiger partial charge in [-0.1, -0.05) is 21.1 Å². The van der Waals surface area contributed by atoms with Crippen LogP contribution in [0.5, 0.6) is 0 Å². The summed E-state index contributed by atoms with van der Waals surface area (Å²) in [4.78, 5) is 12.2. The van der Waals surface area contributed by atoms with Gasteiger partial charge in [0.15, 0.2) is 0 Å². The molecule has 0 fully saturated rings. The molecule has 0 saturated carbocycles. The molecule has 0 aliphatic rings. The van der Waals surface area contributed by atoms with E-state index in [-0.39, 0.29) is 0 Å². The Kier molecular flexibility index (Phi) is 3.85. The average molecular weight is 339 g/mol. The maximum Gasteiger partial charge on any atom is 0.419 e. The highest BCUT2D eigenvalue weighted by atomic mass is 79.9. The number of carbonyl (C=O) groups excluding carboxylic acids is 1. The Morgan fingerprint density at radius 3 is 2.75 bits per heavy atom. The van der Waals surface area contributed by atoms with Gasteiger partial charge in [0.1, 0.15) is 5.60 Å². The number of rotatable bonds is 1. The Hall–Kier alpha value is -1.82. The van der Waals surface area contributed by atoms with Crippen LogP contribution in [-0.4, -0.2) is 27.7 Å². The Balaban J connectivity index is 2.57. The first-order chi connectivity index (χ1) is 9.31. The lowest BCUT2D eigenvalue weighted by atomic mass is 10.2. The van der Waals surface area contributed by atoms with Gasteiger partial charge in [-0.2, -0.15) is 0 Å². The number of ether oxygens (including phenoxy) is 1. The van der Waals surface area contributed by atoms with Crippen LogP contribution in [0.25, 0.3) is 10.9 Å². The predicted molar refractivity (Wildman–Crippen MR) is 80.7 cm³/mol. The topological polar surface area (TPSA) is 63.8 Å². The van der Waals surface area contributed by atoms with Crippen LogP contribution in [0.2, 0.25) is 0 Å². The van der Waals surface area contributed by atoms with Gasteiger partial charge in [-0.15, -0.1) is 0 Å². The van der Waals surface area contributed by atoms with Gasteiger partial charge in [0.25, 0.3) is 0 Å². The van der Waals surface area contributed by atoms with E-state index >= 15 is 0 Å². The third kappa shape index (κ3) is 3.01. The van der Waals surface area contributed by atoms with Crippen molar-refractivity contribution in [2.45, 2.75) is 26.4 Å². The minimum atomic E-state index is -0.575. The molecular weight excluding hydrogens is 324 g/mol. The molecule has 0 unspecified atom stereocenters. The molecule has 2 aromatic rings. The summed E-state index contributed by atoms with van der Waals surface area (Å²) in [5, 5.41) is 12.5. The molecule has 0 atom stereocenters. The van der Waals surface area contributed by atoms with Crippen molar-refractivity contribution in [2.24, 2.45) is 5.16 Å². The molecule has 0 radical (unpaired) electrons. The molecule has 0 amide bonds. The Labute approximate surface area is 125 Å². The zero-order valence-corrected chi connectivity index (χ0v) is 13.0. The predicted octanol–water partition coefficient (Wildman–Crippen LogP) is 4.00. The lowest BCUT2D eigenvalue weighted by Gasteiger charge is -2.19. The highest BCUT2D eigenvalue weighted by molar-refractivity contribution is 9.10. The summed E-state index contributed by atoms with van der Waals surface area (Å²) in [6.45, 7) is 5.43. The first kappa shape index (κ1) is 14.6. The lowest BCUT2D eigenvalue weighted by molar-refractivity contribution is 0.0544. The molecule has 5 nitrogen and oxygen atoms in total. The second-order valence-electron chi connectivity index (χ2n) is 5.34. The first-order valence-electron chi connectivity index (χ1n) is 6.03. The van der Waals surface area contributed by atoms with Crippen LogP contribution >= 0.6 is 15.9 Å². The molecule has 1 N–H and O–H groups in total. The van der Waals surface area contributed by atoms with E-state index in [0.29, 0.717) is 11.1 Å². The number of benzene rings is 1. The largest absolute Gasteiger partial charge is 0.443 e. The fourth-order valence-electron chi connectivity index (χ4n) is 1.85. The van der Waals surface area contributed by atoms with E-state index in [0.717, 1.165) is 9.86 Å². The summed E-state index contributed by atoms with van der Waals surface area (Å²) in [6, 6.07) is 5.49. The third-order valence-electron chi connectivity index (χ3n) is 2.58. The molecule has 2 rings (SSSR count). The van der Waals surface area contributed by atoms with Crippen LogP contribution in [-0.2, 0) is 4.74 Å². The Bertz CT molecular complexity index is 684. The summed E-state index contributed by atoms with van der Waals surface area (Å²) in [5.41, 5.74) is 0.751. The number of aromatic nitrogens is 1. The average Bonchev–Trinajstić information content (AvgIpc) is 2.66. The van der Waals surface area contributed by atoms with Gasteiger partial charge in [-0.05, 0) is 39.0 Å². The maximum atomic E-state index is 12.2. The summed E-state index contributed by atoms with van der Waals surface area (Å²) in [5.74, 6) is 0. The highest BCUT2D eigenvalue weighted by Crippen LogP contribution is 2.25. The van der Waals surface area contributed by atoms with Crippen LogP contribution in [0.15, 0.2) is 34.0 Å². The van der Waals surface area contributed by atoms with Gasteiger partial charge in [0.2, 0.25) is 0 Å². The SMILES string of the molecule is CC(C)(C)OC(=O)n1cc(C=NO)c2cc(Br)ccc21. The number of oxime groups is 1. The second-order valence-corrected chi connectivity index (χ2v) is 6.26. The van der Waals surface area contributed by atoms with Crippen molar-refractivity contribution in [1.29, 1.82) is 0 Å². The molecule has 20 heavy (non-hydrogen) atoms. The van der Waals surface area contributed by atoms with E-state index in [1.54, 1.807) is 12.3 Å². The van der Waals surface area contributed by atoms with Crippen LogP contribution in [0.1, 0.15) is 26.3 Å². The van der Waals surface area contributed by atoms with Crippen molar-refractivity contribution < 1.29 is 14.7 Å². The zero-order chi connectivity index (χ0) is 14.9. The van der Waals surface area contributed by atoms with Gasteiger partial charge in [0.05, 0.1) is 11.7 Å². The molecule has 0 aliphatic carbocycles. The third-order valence-corrected chi connectivity index (χ3v) is 3.08. The minimum Gasteiger partial charge on any atom is -0.443 e. The van der Waals surface area contributed by atoms with E-state index < -0.39 is 11.7 Å². The molecule has 1 aromatic heterocycles. The van der Waals surface area contributed by atoms with E-state index in [1.165, 1.54) is 10.8 Å². The van der Waals surface area contributed by atoms with Crippen LogP contribution in [0, 0.1) is 0 Å². The molecule has 6 heteroatoms. The molecule has 0 bridgehead atoms. The lowest BCUT2D eigenvalue weighted by Crippen LogP contribution is -2.26.